The average Bonchev–Trinajstić information content (AvgIpc) is 2.88. The molecule has 7 heteroatoms. The molecule has 2 heterocycles. The summed E-state index contributed by atoms with van der Waals surface area (Å²) < 4.78 is 12.8. The Morgan fingerprint density at radius 3 is 2.83 bits per heavy atom. The minimum atomic E-state index is -0.250. The van der Waals surface area contributed by atoms with Crippen molar-refractivity contribution in [3.8, 4) is 5.75 Å². The van der Waals surface area contributed by atoms with Gasteiger partial charge in [0.05, 0.1) is 0 Å². The summed E-state index contributed by atoms with van der Waals surface area (Å²) in [6.45, 7) is 3.69. The van der Waals surface area contributed by atoms with Gasteiger partial charge in [-0.15, -0.1) is 0 Å². The number of aryl methyl sites for hydroxylation is 1. The molecule has 1 saturated heterocycles. The molecule has 0 amide bonds. The standard InChI is InChI=1S/C16H20ClN3O3/c1-10-7-14(23-9-15-18-19-16(21)20(15)2)12(8-13(10)17)11-3-5-22-6-4-11/h7-8,11H,3-6,9H2,1-2H3,(H,19,21). The van der Waals surface area contributed by atoms with E-state index in [0.29, 0.717) is 11.7 Å². The lowest BCUT2D eigenvalue weighted by molar-refractivity contribution is 0.0845. The number of rotatable bonds is 4. The molecule has 1 fully saturated rings. The molecule has 1 aromatic carbocycles. The molecule has 6 nitrogen and oxygen atoms in total. The summed E-state index contributed by atoms with van der Waals surface area (Å²) in [5.41, 5.74) is 1.82. The molecule has 0 radical (unpaired) electrons. The first-order valence-electron chi connectivity index (χ1n) is 7.67. The van der Waals surface area contributed by atoms with Crippen LogP contribution < -0.4 is 10.4 Å². The minimum Gasteiger partial charge on any atom is -0.485 e. The van der Waals surface area contributed by atoms with Crippen molar-refractivity contribution in [2.75, 3.05) is 13.2 Å². The van der Waals surface area contributed by atoms with Gasteiger partial charge in [-0.2, -0.15) is 5.10 Å². The van der Waals surface area contributed by atoms with Crippen molar-refractivity contribution in [1.29, 1.82) is 0 Å². The minimum absolute atomic E-state index is 0.229. The van der Waals surface area contributed by atoms with Crippen LogP contribution in [0.4, 0.5) is 0 Å². The Morgan fingerprint density at radius 1 is 1.43 bits per heavy atom. The van der Waals surface area contributed by atoms with E-state index in [4.69, 9.17) is 21.1 Å². The lowest BCUT2D eigenvalue weighted by atomic mass is 9.90. The third kappa shape index (κ3) is 3.43. The predicted molar refractivity (Wildman–Crippen MR) is 87.1 cm³/mol. The van der Waals surface area contributed by atoms with Crippen LogP contribution in [0.15, 0.2) is 16.9 Å². The maximum Gasteiger partial charge on any atom is 0.343 e. The molecule has 1 aliphatic heterocycles. The third-order valence-corrected chi connectivity index (χ3v) is 4.69. The normalized spacial score (nSPS) is 15.8. The molecule has 3 rings (SSSR count). The van der Waals surface area contributed by atoms with E-state index in [0.717, 1.165) is 48.0 Å². The topological polar surface area (TPSA) is 69.1 Å². The van der Waals surface area contributed by atoms with Crippen LogP contribution >= 0.6 is 11.6 Å². The van der Waals surface area contributed by atoms with Gasteiger partial charge in [0.2, 0.25) is 0 Å². The number of nitrogens with one attached hydrogen (secondary N) is 1. The van der Waals surface area contributed by atoms with Gasteiger partial charge in [-0.25, -0.2) is 9.89 Å². The molecule has 1 aliphatic rings. The predicted octanol–water partition coefficient (Wildman–Crippen LogP) is 2.54. The van der Waals surface area contributed by atoms with E-state index >= 15 is 0 Å². The lowest BCUT2D eigenvalue weighted by Crippen LogP contribution is -2.17. The van der Waals surface area contributed by atoms with Crippen LogP contribution in [0, 0.1) is 6.92 Å². The number of ether oxygens (including phenoxy) is 2. The summed E-state index contributed by atoms with van der Waals surface area (Å²) in [6.07, 6.45) is 1.91. The summed E-state index contributed by atoms with van der Waals surface area (Å²) in [7, 11) is 1.66. The van der Waals surface area contributed by atoms with Crippen molar-refractivity contribution in [1.82, 2.24) is 14.8 Å². The molecule has 1 N–H and O–H groups in total. The van der Waals surface area contributed by atoms with Gasteiger partial charge >= 0.3 is 5.69 Å². The van der Waals surface area contributed by atoms with Crippen LogP contribution in [-0.4, -0.2) is 28.0 Å². The summed E-state index contributed by atoms with van der Waals surface area (Å²) in [4.78, 5) is 11.4. The lowest BCUT2D eigenvalue weighted by Gasteiger charge is -2.25. The highest BCUT2D eigenvalue weighted by Gasteiger charge is 2.21. The van der Waals surface area contributed by atoms with Crippen molar-refractivity contribution in [3.05, 3.63) is 44.6 Å². The maximum absolute atomic E-state index is 11.4. The monoisotopic (exact) mass is 337 g/mol. The van der Waals surface area contributed by atoms with Crippen molar-refractivity contribution < 1.29 is 9.47 Å². The first-order chi connectivity index (χ1) is 11.1. The largest absolute Gasteiger partial charge is 0.485 e. The molecule has 124 valence electrons. The van der Waals surface area contributed by atoms with Crippen LogP contribution in [-0.2, 0) is 18.4 Å². The van der Waals surface area contributed by atoms with E-state index in [2.05, 4.69) is 10.2 Å². The number of aromatic amines is 1. The van der Waals surface area contributed by atoms with Gasteiger partial charge in [-0.3, -0.25) is 4.57 Å². The van der Waals surface area contributed by atoms with E-state index in [1.165, 1.54) is 4.57 Å². The van der Waals surface area contributed by atoms with E-state index in [1.54, 1.807) is 7.05 Å². The van der Waals surface area contributed by atoms with E-state index in [9.17, 15) is 4.79 Å². The highest BCUT2D eigenvalue weighted by Crippen LogP contribution is 2.37. The SMILES string of the molecule is Cc1cc(OCc2n[nH]c(=O)n2C)c(C2CCOCC2)cc1Cl. The number of H-pyrrole nitrogens is 1. The van der Waals surface area contributed by atoms with Gasteiger partial charge < -0.3 is 9.47 Å². The number of hydrogen-bond donors (Lipinski definition) is 1. The van der Waals surface area contributed by atoms with Crippen LogP contribution in [0.3, 0.4) is 0 Å². The Hall–Kier alpha value is -1.79. The quantitative estimate of drug-likeness (QED) is 0.930. The zero-order chi connectivity index (χ0) is 16.4. The van der Waals surface area contributed by atoms with Crippen molar-refractivity contribution in [2.45, 2.75) is 32.3 Å². The van der Waals surface area contributed by atoms with Crippen molar-refractivity contribution in [2.24, 2.45) is 7.05 Å². The molecule has 0 unspecified atom stereocenters. The first kappa shape index (κ1) is 16.1. The Kier molecular flexibility index (Phi) is 4.73. The van der Waals surface area contributed by atoms with E-state index < -0.39 is 0 Å². The number of aromatic nitrogens is 3. The second-order valence-electron chi connectivity index (χ2n) is 5.82. The molecular weight excluding hydrogens is 318 g/mol. The smallest absolute Gasteiger partial charge is 0.343 e. The van der Waals surface area contributed by atoms with Crippen LogP contribution in [0.1, 0.15) is 35.7 Å². The fourth-order valence-electron chi connectivity index (χ4n) is 2.77. The van der Waals surface area contributed by atoms with Gasteiger partial charge in [0.25, 0.3) is 0 Å². The summed E-state index contributed by atoms with van der Waals surface area (Å²) in [5, 5.41) is 7.12. The van der Waals surface area contributed by atoms with Crippen LogP contribution in [0.25, 0.3) is 0 Å². The Morgan fingerprint density at radius 2 is 2.17 bits per heavy atom. The molecular formula is C16H20ClN3O3. The summed E-state index contributed by atoms with van der Waals surface area (Å²) in [6, 6.07) is 3.95. The second kappa shape index (κ2) is 6.76. The maximum atomic E-state index is 11.4. The van der Waals surface area contributed by atoms with E-state index in [1.807, 2.05) is 19.1 Å². The molecule has 0 bridgehead atoms. The van der Waals surface area contributed by atoms with Crippen LogP contribution in [0.2, 0.25) is 5.02 Å². The van der Waals surface area contributed by atoms with Gasteiger partial charge in [0.15, 0.2) is 5.82 Å². The zero-order valence-corrected chi connectivity index (χ0v) is 14.0. The molecule has 0 aliphatic carbocycles. The van der Waals surface area contributed by atoms with Crippen LogP contribution in [0.5, 0.6) is 5.75 Å². The Bertz CT molecular complexity index is 748. The highest BCUT2D eigenvalue weighted by atomic mass is 35.5. The summed E-state index contributed by atoms with van der Waals surface area (Å²) in [5.74, 6) is 1.73. The first-order valence-corrected chi connectivity index (χ1v) is 8.05. The highest BCUT2D eigenvalue weighted by molar-refractivity contribution is 6.31. The zero-order valence-electron chi connectivity index (χ0n) is 13.3. The third-order valence-electron chi connectivity index (χ3n) is 4.28. The fourth-order valence-corrected chi connectivity index (χ4v) is 2.95. The fraction of sp³-hybridized carbons (Fsp3) is 0.500. The number of hydrogen-bond acceptors (Lipinski definition) is 4. The van der Waals surface area contributed by atoms with Gasteiger partial charge in [-0.05, 0) is 48.9 Å². The molecule has 23 heavy (non-hydrogen) atoms. The molecule has 0 atom stereocenters. The number of benzene rings is 1. The molecule has 1 aromatic heterocycles. The molecule has 2 aromatic rings. The van der Waals surface area contributed by atoms with Crippen molar-refractivity contribution in [3.63, 3.8) is 0 Å². The van der Waals surface area contributed by atoms with Gasteiger partial charge in [-0.1, -0.05) is 11.6 Å². The average molecular weight is 338 g/mol. The molecule has 0 spiro atoms. The number of halogens is 1. The van der Waals surface area contributed by atoms with E-state index in [-0.39, 0.29) is 12.3 Å². The second-order valence-corrected chi connectivity index (χ2v) is 6.23. The Balaban J connectivity index is 1.86. The molecule has 0 saturated carbocycles. The summed E-state index contributed by atoms with van der Waals surface area (Å²) >= 11 is 6.30. The van der Waals surface area contributed by atoms with Crippen molar-refractivity contribution >= 4 is 11.6 Å². The Labute approximate surface area is 139 Å². The number of nitrogens with zero attached hydrogens (tertiary/aromatic N) is 2. The van der Waals surface area contributed by atoms with Gasteiger partial charge in [0, 0.05) is 25.3 Å². The van der Waals surface area contributed by atoms with Gasteiger partial charge in [0.1, 0.15) is 12.4 Å².